The Bertz CT molecular complexity index is 889. The van der Waals surface area contributed by atoms with Crippen LogP contribution in [0.2, 0.25) is 10.0 Å². The summed E-state index contributed by atoms with van der Waals surface area (Å²) < 4.78 is 13.5. The standard InChI is InChI=1S/C16H10Cl2FNO2/c17-12-3-1-8(5-13(12)18)16-11(7-15(21)22)10-6-9(19)2-4-14(10)20-16/h1-6,20H,7H2,(H,21,22). The van der Waals surface area contributed by atoms with Crippen LogP contribution in [0.15, 0.2) is 36.4 Å². The molecule has 0 aliphatic heterocycles. The third kappa shape index (κ3) is 2.67. The van der Waals surface area contributed by atoms with Gasteiger partial charge in [-0.2, -0.15) is 0 Å². The zero-order valence-corrected chi connectivity index (χ0v) is 12.7. The minimum absolute atomic E-state index is 0.223. The summed E-state index contributed by atoms with van der Waals surface area (Å²) in [6.07, 6.45) is -0.223. The molecule has 22 heavy (non-hydrogen) atoms. The van der Waals surface area contributed by atoms with Gasteiger partial charge in [-0.1, -0.05) is 29.3 Å². The lowest BCUT2D eigenvalue weighted by Crippen LogP contribution is -2.01. The van der Waals surface area contributed by atoms with E-state index in [9.17, 15) is 9.18 Å². The molecule has 0 amide bonds. The molecule has 112 valence electrons. The van der Waals surface area contributed by atoms with E-state index in [0.29, 0.717) is 37.8 Å². The van der Waals surface area contributed by atoms with Crippen LogP contribution >= 0.6 is 23.2 Å². The highest BCUT2D eigenvalue weighted by molar-refractivity contribution is 6.42. The fraction of sp³-hybridized carbons (Fsp3) is 0.0625. The highest BCUT2D eigenvalue weighted by Gasteiger charge is 2.17. The molecule has 0 unspecified atom stereocenters. The van der Waals surface area contributed by atoms with Crippen molar-refractivity contribution in [3.63, 3.8) is 0 Å². The largest absolute Gasteiger partial charge is 0.481 e. The summed E-state index contributed by atoms with van der Waals surface area (Å²) in [5.74, 6) is -1.41. The van der Waals surface area contributed by atoms with Gasteiger partial charge in [-0.05, 0) is 41.5 Å². The lowest BCUT2D eigenvalue weighted by atomic mass is 10.0. The Hall–Kier alpha value is -2.04. The lowest BCUT2D eigenvalue weighted by Gasteiger charge is -2.05. The molecule has 0 atom stereocenters. The van der Waals surface area contributed by atoms with E-state index in [1.54, 1.807) is 24.3 Å². The second-order valence-electron chi connectivity index (χ2n) is 4.87. The maximum Gasteiger partial charge on any atom is 0.307 e. The van der Waals surface area contributed by atoms with E-state index < -0.39 is 11.8 Å². The van der Waals surface area contributed by atoms with Crippen LogP contribution in [0.25, 0.3) is 22.2 Å². The average molecular weight is 338 g/mol. The van der Waals surface area contributed by atoms with Gasteiger partial charge in [0.1, 0.15) is 5.82 Å². The van der Waals surface area contributed by atoms with Crippen LogP contribution in [-0.4, -0.2) is 16.1 Å². The van der Waals surface area contributed by atoms with Gasteiger partial charge >= 0.3 is 5.97 Å². The zero-order valence-electron chi connectivity index (χ0n) is 11.2. The van der Waals surface area contributed by atoms with E-state index in [-0.39, 0.29) is 6.42 Å². The second kappa shape index (κ2) is 5.63. The van der Waals surface area contributed by atoms with Crippen LogP contribution in [0.4, 0.5) is 4.39 Å². The number of aromatic amines is 1. The second-order valence-corrected chi connectivity index (χ2v) is 5.68. The highest BCUT2D eigenvalue weighted by Crippen LogP contribution is 2.34. The molecule has 0 aliphatic rings. The number of hydrogen-bond donors (Lipinski definition) is 2. The maximum atomic E-state index is 13.5. The first-order chi connectivity index (χ1) is 10.5. The molecule has 1 aromatic heterocycles. The van der Waals surface area contributed by atoms with Crippen LogP contribution in [0, 0.1) is 5.82 Å². The SMILES string of the molecule is O=C(O)Cc1c(-c2ccc(Cl)c(Cl)c2)[nH]c2ccc(F)cc12. The van der Waals surface area contributed by atoms with E-state index in [4.69, 9.17) is 28.3 Å². The topological polar surface area (TPSA) is 53.1 Å². The van der Waals surface area contributed by atoms with Crippen molar-refractivity contribution < 1.29 is 14.3 Å². The van der Waals surface area contributed by atoms with E-state index in [1.807, 2.05) is 0 Å². The molecule has 0 bridgehead atoms. The van der Waals surface area contributed by atoms with Gasteiger partial charge in [-0.25, -0.2) is 4.39 Å². The number of carbonyl (C=O) groups is 1. The van der Waals surface area contributed by atoms with Gasteiger partial charge in [-0.3, -0.25) is 4.79 Å². The zero-order chi connectivity index (χ0) is 15.9. The van der Waals surface area contributed by atoms with Gasteiger partial charge in [0.25, 0.3) is 0 Å². The van der Waals surface area contributed by atoms with Crippen LogP contribution in [0.3, 0.4) is 0 Å². The van der Waals surface area contributed by atoms with Crippen molar-refractivity contribution in [2.45, 2.75) is 6.42 Å². The van der Waals surface area contributed by atoms with Gasteiger partial charge < -0.3 is 10.1 Å². The highest BCUT2D eigenvalue weighted by atomic mass is 35.5. The fourth-order valence-corrected chi connectivity index (χ4v) is 2.75. The van der Waals surface area contributed by atoms with Crippen molar-refractivity contribution in [2.24, 2.45) is 0 Å². The van der Waals surface area contributed by atoms with Crippen molar-refractivity contribution in [3.05, 3.63) is 57.8 Å². The van der Waals surface area contributed by atoms with E-state index in [1.165, 1.54) is 12.1 Å². The molecule has 1 heterocycles. The van der Waals surface area contributed by atoms with Crippen molar-refractivity contribution in [1.82, 2.24) is 4.98 Å². The third-order valence-electron chi connectivity index (χ3n) is 3.40. The number of carboxylic acid groups (broad SMARTS) is 1. The first kappa shape index (κ1) is 14.9. The Morgan fingerprint density at radius 2 is 1.91 bits per heavy atom. The molecule has 0 aliphatic carbocycles. The summed E-state index contributed by atoms with van der Waals surface area (Å²) >= 11 is 11.9. The van der Waals surface area contributed by atoms with Crippen molar-refractivity contribution in [1.29, 1.82) is 0 Å². The smallest absolute Gasteiger partial charge is 0.307 e. The Labute approximate surface area is 135 Å². The number of halogens is 3. The minimum Gasteiger partial charge on any atom is -0.481 e. The Morgan fingerprint density at radius 3 is 2.59 bits per heavy atom. The van der Waals surface area contributed by atoms with E-state index >= 15 is 0 Å². The number of rotatable bonds is 3. The molecule has 3 rings (SSSR count). The number of aromatic nitrogens is 1. The number of carboxylic acids is 1. The van der Waals surface area contributed by atoms with Crippen LogP contribution in [-0.2, 0) is 11.2 Å². The first-order valence-electron chi connectivity index (χ1n) is 6.43. The minimum atomic E-state index is -0.994. The molecule has 0 saturated heterocycles. The van der Waals surface area contributed by atoms with Gasteiger partial charge in [0.15, 0.2) is 0 Å². The lowest BCUT2D eigenvalue weighted by molar-refractivity contribution is -0.136. The summed E-state index contributed by atoms with van der Waals surface area (Å²) in [7, 11) is 0. The van der Waals surface area contributed by atoms with Crippen molar-refractivity contribution in [2.75, 3.05) is 0 Å². The molecule has 0 spiro atoms. The molecule has 2 aromatic carbocycles. The molecular formula is C16H10Cl2FNO2. The molecular weight excluding hydrogens is 328 g/mol. The molecule has 0 saturated carbocycles. The Morgan fingerprint density at radius 1 is 1.14 bits per heavy atom. The number of nitrogens with one attached hydrogen (secondary N) is 1. The maximum absolute atomic E-state index is 13.5. The monoisotopic (exact) mass is 337 g/mol. The average Bonchev–Trinajstić information content (AvgIpc) is 2.79. The van der Waals surface area contributed by atoms with Gasteiger partial charge in [0.2, 0.25) is 0 Å². The molecule has 3 nitrogen and oxygen atoms in total. The number of H-pyrrole nitrogens is 1. The fourth-order valence-electron chi connectivity index (χ4n) is 2.45. The molecule has 6 heteroatoms. The molecule has 2 N–H and O–H groups in total. The Balaban J connectivity index is 2.27. The van der Waals surface area contributed by atoms with Crippen LogP contribution < -0.4 is 0 Å². The predicted octanol–water partition coefficient (Wildman–Crippen LogP) is 4.91. The van der Waals surface area contributed by atoms with Crippen LogP contribution in [0.1, 0.15) is 5.56 Å². The summed E-state index contributed by atoms with van der Waals surface area (Å²) in [5.41, 5.74) is 2.47. The summed E-state index contributed by atoms with van der Waals surface area (Å²) in [4.78, 5) is 14.3. The molecule has 3 aromatic rings. The predicted molar refractivity (Wildman–Crippen MR) is 85.1 cm³/mol. The summed E-state index contributed by atoms with van der Waals surface area (Å²) in [5, 5.41) is 10.4. The van der Waals surface area contributed by atoms with Crippen molar-refractivity contribution >= 4 is 40.1 Å². The van der Waals surface area contributed by atoms with E-state index in [2.05, 4.69) is 4.98 Å². The quantitative estimate of drug-likeness (QED) is 0.713. The molecule has 0 radical (unpaired) electrons. The summed E-state index contributed by atoms with van der Waals surface area (Å²) in [6, 6.07) is 9.25. The van der Waals surface area contributed by atoms with Gasteiger partial charge in [0, 0.05) is 10.9 Å². The number of aliphatic carboxylic acids is 1. The first-order valence-corrected chi connectivity index (χ1v) is 7.18. The van der Waals surface area contributed by atoms with Crippen LogP contribution in [0.5, 0.6) is 0 Å². The van der Waals surface area contributed by atoms with Gasteiger partial charge in [-0.15, -0.1) is 0 Å². The number of fused-ring (bicyclic) bond motifs is 1. The van der Waals surface area contributed by atoms with Crippen molar-refractivity contribution in [3.8, 4) is 11.3 Å². The summed E-state index contributed by atoms with van der Waals surface area (Å²) in [6.45, 7) is 0. The third-order valence-corrected chi connectivity index (χ3v) is 4.14. The normalized spacial score (nSPS) is 11.0. The Kier molecular flexibility index (Phi) is 3.81. The van der Waals surface area contributed by atoms with E-state index in [0.717, 1.165) is 0 Å². The van der Waals surface area contributed by atoms with Gasteiger partial charge in [0.05, 0.1) is 22.2 Å². The number of benzene rings is 2. The molecule has 0 fully saturated rings. The number of hydrogen-bond acceptors (Lipinski definition) is 1.